The molecule has 0 bridgehead atoms. The molecule has 2 aromatic carbocycles. The van der Waals surface area contributed by atoms with Crippen molar-refractivity contribution in [3.8, 4) is 0 Å². The molecule has 1 atom stereocenters. The van der Waals surface area contributed by atoms with Crippen molar-refractivity contribution in [3.05, 3.63) is 69.2 Å². The lowest BCUT2D eigenvalue weighted by Gasteiger charge is -2.14. The Kier molecular flexibility index (Phi) is 4.19. The fraction of sp³-hybridized carbons (Fsp3) is 0.176. The van der Waals surface area contributed by atoms with Gasteiger partial charge in [-0.25, -0.2) is 0 Å². The highest BCUT2D eigenvalue weighted by Crippen LogP contribution is 2.31. The number of nitrogens with zero attached hydrogens (tertiary/aromatic N) is 1. The fourth-order valence-electron chi connectivity index (χ4n) is 2.61. The summed E-state index contributed by atoms with van der Waals surface area (Å²) in [7, 11) is 0. The second-order valence-electron chi connectivity index (χ2n) is 5.22. The van der Waals surface area contributed by atoms with Crippen molar-refractivity contribution in [2.45, 2.75) is 12.8 Å². The predicted octanol–water partition coefficient (Wildman–Crippen LogP) is 4.23. The van der Waals surface area contributed by atoms with E-state index in [0.717, 1.165) is 11.1 Å². The first-order valence-corrected chi connectivity index (χ1v) is 7.69. The van der Waals surface area contributed by atoms with E-state index in [1.807, 2.05) is 37.3 Å². The summed E-state index contributed by atoms with van der Waals surface area (Å²) in [5, 5.41) is 5.32. The second kappa shape index (κ2) is 6.11. The van der Waals surface area contributed by atoms with Gasteiger partial charge in [0.15, 0.2) is 0 Å². The van der Waals surface area contributed by atoms with E-state index in [0.29, 0.717) is 27.9 Å². The van der Waals surface area contributed by atoms with Crippen molar-refractivity contribution in [2.24, 2.45) is 5.10 Å². The number of carbonyl (C=O) groups is 1. The van der Waals surface area contributed by atoms with Crippen LogP contribution in [0.25, 0.3) is 0 Å². The summed E-state index contributed by atoms with van der Waals surface area (Å²) in [5.74, 6) is -0.240. The first kappa shape index (κ1) is 15.1. The van der Waals surface area contributed by atoms with Gasteiger partial charge in [-0.2, -0.15) is 5.10 Å². The molecule has 0 spiro atoms. The Balaban J connectivity index is 1.97. The van der Waals surface area contributed by atoms with Crippen LogP contribution in [0.3, 0.4) is 0 Å². The third kappa shape index (κ3) is 2.74. The van der Waals surface area contributed by atoms with Crippen molar-refractivity contribution in [1.29, 1.82) is 0 Å². The normalized spacial score (nSPS) is 17.0. The Morgan fingerprint density at radius 2 is 2.00 bits per heavy atom. The van der Waals surface area contributed by atoms with Gasteiger partial charge >= 0.3 is 0 Å². The summed E-state index contributed by atoms with van der Waals surface area (Å²) < 4.78 is 0. The highest BCUT2D eigenvalue weighted by Gasteiger charge is 2.31. The van der Waals surface area contributed by atoms with Crippen LogP contribution < -0.4 is 5.43 Å². The number of carbonyl (C=O) groups excluding carboxylic acids is 1. The summed E-state index contributed by atoms with van der Waals surface area (Å²) in [6, 6.07) is 12.8. The Hall–Kier alpha value is -1.84. The number of hydrazone groups is 1. The van der Waals surface area contributed by atoms with Crippen molar-refractivity contribution in [1.82, 2.24) is 5.43 Å². The summed E-state index contributed by atoms with van der Waals surface area (Å²) in [4.78, 5) is 12.8. The van der Waals surface area contributed by atoms with Crippen LogP contribution in [0.15, 0.2) is 47.6 Å². The average molecular weight is 333 g/mol. The molecule has 2 aromatic rings. The molecule has 1 N–H and O–H groups in total. The quantitative estimate of drug-likeness (QED) is 0.854. The van der Waals surface area contributed by atoms with E-state index < -0.39 is 0 Å². The molecule has 3 nitrogen and oxygen atoms in total. The van der Waals surface area contributed by atoms with Crippen molar-refractivity contribution < 1.29 is 4.79 Å². The molecule has 0 aromatic heterocycles. The minimum Gasteiger partial charge on any atom is -0.309 e. The molecular weight excluding hydrogens is 319 g/mol. The van der Waals surface area contributed by atoms with Gasteiger partial charge in [-0.15, -0.1) is 0 Å². The number of hydrogen-bond donors (Lipinski definition) is 1. The van der Waals surface area contributed by atoms with Gasteiger partial charge in [0, 0.05) is 22.2 Å². The topological polar surface area (TPSA) is 41.5 Å². The Bertz CT molecular complexity index is 771. The lowest BCUT2D eigenvalue weighted by atomic mass is 9.89. The molecule has 1 heterocycles. The van der Waals surface area contributed by atoms with Gasteiger partial charge in [0.05, 0.1) is 5.92 Å². The third-order valence-corrected chi connectivity index (χ3v) is 4.35. The second-order valence-corrected chi connectivity index (χ2v) is 6.07. The van der Waals surface area contributed by atoms with Crippen LogP contribution in [-0.2, 0) is 0 Å². The number of rotatable bonds is 3. The predicted molar refractivity (Wildman–Crippen MR) is 90.2 cm³/mol. The highest BCUT2D eigenvalue weighted by atomic mass is 35.5. The van der Waals surface area contributed by atoms with Crippen molar-refractivity contribution >= 4 is 34.7 Å². The van der Waals surface area contributed by atoms with Gasteiger partial charge in [0.2, 0.25) is 5.78 Å². The zero-order valence-corrected chi connectivity index (χ0v) is 13.4. The zero-order chi connectivity index (χ0) is 15.7. The molecule has 0 radical (unpaired) electrons. The average Bonchev–Trinajstić information content (AvgIpc) is 2.96. The third-order valence-electron chi connectivity index (χ3n) is 3.79. The maximum atomic E-state index is 12.8. The molecule has 0 saturated heterocycles. The van der Waals surface area contributed by atoms with Gasteiger partial charge in [-0.05, 0) is 30.2 Å². The molecular formula is C17H14Cl2N2O. The summed E-state index contributed by atoms with van der Waals surface area (Å²) in [6.07, 6.45) is 0. The number of hydrogen-bond acceptors (Lipinski definition) is 3. The zero-order valence-electron chi connectivity index (χ0n) is 11.9. The lowest BCUT2D eigenvalue weighted by Crippen LogP contribution is -2.22. The summed E-state index contributed by atoms with van der Waals surface area (Å²) >= 11 is 12.2. The van der Waals surface area contributed by atoms with Gasteiger partial charge in [-0.3, -0.25) is 4.79 Å². The minimum absolute atomic E-state index is 0.0703. The fourth-order valence-corrected chi connectivity index (χ4v) is 3.15. The molecule has 0 aliphatic carbocycles. The molecule has 0 fully saturated rings. The number of aryl methyl sites for hydroxylation is 1. The Morgan fingerprint density at radius 1 is 1.23 bits per heavy atom. The molecule has 1 aliphatic rings. The van der Waals surface area contributed by atoms with Crippen LogP contribution in [0, 0.1) is 6.92 Å². The standard InChI is InChI=1S/C17H14Cl2N2O/c1-10-4-2-3-5-12(10)17(22)16-14(9-20-21-16)13-7-6-11(18)8-15(13)19/h2-8,14,20H,9H2,1H3/t14-/m0/s1. The largest absolute Gasteiger partial charge is 0.309 e. The molecule has 0 amide bonds. The van der Waals surface area contributed by atoms with Gasteiger partial charge < -0.3 is 5.43 Å². The van der Waals surface area contributed by atoms with Crippen LogP contribution in [0.4, 0.5) is 0 Å². The number of benzene rings is 2. The summed E-state index contributed by atoms with van der Waals surface area (Å²) in [5.41, 5.74) is 5.85. The molecule has 1 aliphatic heterocycles. The molecule has 0 saturated carbocycles. The van der Waals surface area contributed by atoms with E-state index in [1.54, 1.807) is 12.1 Å². The Labute approximate surface area is 138 Å². The van der Waals surface area contributed by atoms with Crippen molar-refractivity contribution in [3.63, 3.8) is 0 Å². The number of nitrogens with one attached hydrogen (secondary N) is 1. The van der Waals surface area contributed by atoms with Crippen LogP contribution in [0.1, 0.15) is 27.4 Å². The molecule has 5 heteroatoms. The molecule has 0 unspecified atom stereocenters. The van der Waals surface area contributed by atoms with Gasteiger partial charge in [-0.1, -0.05) is 53.5 Å². The van der Waals surface area contributed by atoms with E-state index in [4.69, 9.17) is 23.2 Å². The number of Topliss-reactive ketones (excluding diaryl/α,β-unsaturated/α-hetero) is 1. The minimum atomic E-state index is -0.170. The maximum absolute atomic E-state index is 12.8. The Morgan fingerprint density at radius 3 is 2.73 bits per heavy atom. The SMILES string of the molecule is Cc1ccccc1C(=O)C1=NNC[C@H]1c1ccc(Cl)cc1Cl. The van der Waals surface area contributed by atoms with E-state index in [9.17, 15) is 4.79 Å². The van der Waals surface area contributed by atoms with Crippen LogP contribution in [0.5, 0.6) is 0 Å². The van der Waals surface area contributed by atoms with E-state index >= 15 is 0 Å². The lowest BCUT2D eigenvalue weighted by molar-refractivity contribution is 0.106. The number of ketones is 1. The molecule has 3 rings (SSSR count). The van der Waals surface area contributed by atoms with E-state index in [-0.39, 0.29) is 11.7 Å². The van der Waals surface area contributed by atoms with E-state index in [1.165, 1.54) is 0 Å². The van der Waals surface area contributed by atoms with Gasteiger partial charge in [0.1, 0.15) is 5.71 Å². The van der Waals surface area contributed by atoms with Crippen LogP contribution in [-0.4, -0.2) is 18.0 Å². The molecule has 22 heavy (non-hydrogen) atoms. The van der Waals surface area contributed by atoms with Gasteiger partial charge in [0.25, 0.3) is 0 Å². The first-order chi connectivity index (χ1) is 10.6. The molecule has 112 valence electrons. The summed E-state index contributed by atoms with van der Waals surface area (Å²) in [6.45, 7) is 2.47. The monoisotopic (exact) mass is 332 g/mol. The smallest absolute Gasteiger partial charge is 0.209 e. The first-order valence-electron chi connectivity index (χ1n) is 6.93. The highest BCUT2D eigenvalue weighted by molar-refractivity contribution is 6.48. The van der Waals surface area contributed by atoms with Crippen LogP contribution in [0.2, 0.25) is 10.0 Å². The number of halogens is 2. The van der Waals surface area contributed by atoms with E-state index in [2.05, 4.69) is 10.5 Å². The van der Waals surface area contributed by atoms with Crippen molar-refractivity contribution in [2.75, 3.05) is 6.54 Å². The maximum Gasteiger partial charge on any atom is 0.209 e. The van der Waals surface area contributed by atoms with Crippen LogP contribution >= 0.6 is 23.2 Å².